The highest BCUT2D eigenvalue weighted by atomic mass is 32.1. The lowest BCUT2D eigenvalue weighted by Gasteiger charge is -2.24. The molecule has 0 aliphatic heterocycles. The van der Waals surface area contributed by atoms with E-state index in [0.717, 1.165) is 18.1 Å². The van der Waals surface area contributed by atoms with Crippen molar-refractivity contribution < 1.29 is 0 Å². The van der Waals surface area contributed by atoms with E-state index in [1.165, 1.54) is 23.3 Å². The summed E-state index contributed by atoms with van der Waals surface area (Å²) in [7, 11) is 0. The van der Waals surface area contributed by atoms with Crippen LogP contribution in [0, 0.1) is 6.92 Å². The molecule has 3 nitrogen and oxygen atoms in total. The van der Waals surface area contributed by atoms with Crippen LogP contribution < -0.4 is 10.6 Å². The molecule has 18 heavy (non-hydrogen) atoms. The van der Waals surface area contributed by atoms with E-state index in [9.17, 15) is 0 Å². The molecule has 0 aromatic carbocycles. The Hall–Kier alpha value is -1.55. The van der Waals surface area contributed by atoms with Gasteiger partial charge in [-0.15, -0.1) is 11.3 Å². The third kappa shape index (κ3) is 2.34. The highest BCUT2D eigenvalue weighted by Crippen LogP contribution is 2.34. The Bertz CT molecular complexity index is 532. The number of pyridine rings is 1. The maximum atomic E-state index is 5.78. The second kappa shape index (κ2) is 4.61. The number of nitrogen functional groups attached to an aromatic ring is 1. The molecule has 2 aromatic heterocycles. The fourth-order valence-electron chi connectivity index (χ4n) is 2.22. The van der Waals surface area contributed by atoms with Crippen LogP contribution in [0.15, 0.2) is 29.8 Å². The van der Waals surface area contributed by atoms with E-state index >= 15 is 0 Å². The van der Waals surface area contributed by atoms with Gasteiger partial charge < -0.3 is 10.6 Å². The Kier molecular flexibility index (Phi) is 2.96. The lowest BCUT2D eigenvalue weighted by atomic mass is 10.2. The molecular weight excluding hydrogens is 242 g/mol. The second-order valence-electron chi connectivity index (χ2n) is 4.85. The fourth-order valence-corrected chi connectivity index (χ4v) is 2.93. The van der Waals surface area contributed by atoms with Gasteiger partial charge >= 0.3 is 0 Å². The van der Waals surface area contributed by atoms with E-state index in [1.807, 2.05) is 6.07 Å². The van der Waals surface area contributed by atoms with E-state index in [0.29, 0.717) is 6.04 Å². The van der Waals surface area contributed by atoms with Gasteiger partial charge in [0.05, 0.1) is 18.4 Å². The van der Waals surface area contributed by atoms with Crippen molar-refractivity contribution in [3.8, 4) is 0 Å². The molecule has 0 spiro atoms. The quantitative estimate of drug-likeness (QED) is 0.916. The largest absolute Gasteiger partial charge is 0.397 e. The highest BCUT2D eigenvalue weighted by molar-refractivity contribution is 7.09. The van der Waals surface area contributed by atoms with Crippen molar-refractivity contribution in [2.75, 3.05) is 10.6 Å². The van der Waals surface area contributed by atoms with E-state index < -0.39 is 0 Å². The molecule has 2 heterocycles. The number of hydrogen-bond donors (Lipinski definition) is 1. The molecule has 0 bridgehead atoms. The van der Waals surface area contributed by atoms with Crippen LogP contribution in [0.25, 0.3) is 0 Å². The highest BCUT2D eigenvalue weighted by Gasteiger charge is 2.31. The Morgan fingerprint density at radius 1 is 1.50 bits per heavy atom. The van der Waals surface area contributed by atoms with Crippen molar-refractivity contribution >= 4 is 22.8 Å². The zero-order valence-corrected chi connectivity index (χ0v) is 11.3. The molecule has 3 rings (SSSR count). The summed E-state index contributed by atoms with van der Waals surface area (Å²) in [5, 5.41) is 2.13. The predicted molar refractivity (Wildman–Crippen MR) is 76.9 cm³/mol. The standard InChI is InChI=1S/C14H17N3S/c1-10-7-11(15)8-16-14(10)17(12-4-5-12)9-13-3-2-6-18-13/h2-3,6-8,12H,4-5,9,15H2,1H3. The maximum Gasteiger partial charge on any atom is 0.132 e. The first-order chi connectivity index (χ1) is 8.74. The summed E-state index contributed by atoms with van der Waals surface area (Å²) in [5.41, 5.74) is 7.68. The van der Waals surface area contributed by atoms with Crippen LogP contribution in [0.5, 0.6) is 0 Å². The molecule has 2 N–H and O–H groups in total. The number of hydrogen-bond acceptors (Lipinski definition) is 4. The van der Waals surface area contributed by atoms with Crippen LogP contribution in [-0.4, -0.2) is 11.0 Å². The van der Waals surface area contributed by atoms with Gasteiger partial charge in [0.2, 0.25) is 0 Å². The summed E-state index contributed by atoms with van der Waals surface area (Å²) in [6.45, 7) is 3.04. The van der Waals surface area contributed by atoms with Gasteiger partial charge in [-0.1, -0.05) is 6.07 Å². The lowest BCUT2D eigenvalue weighted by molar-refractivity contribution is 0.782. The minimum absolute atomic E-state index is 0.655. The zero-order chi connectivity index (χ0) is 12.5. The number of aryl methyl sites for hydroxylation is 1. The number of rotatable bonds is 4. The molecule has 1 aliphatic carbocycles. The second-order valence-corrected chi connectivity index (χ2v) is 5.88. The Balaban J connectivity index is 1.89. The Labute approximate surface area is 111 Å². The number of nitrogens with two attached hydrogens (primary N) is 1. The normalized spacial score (nSPS) is 14.7. The molecule has 94 valence electrons. The lowest BCUT2D eigenvalue weighted by Crippen LogP contribution is -2.26. The van der Waals surface area contributed by atoms with E-state index in [2.05, 4.69) is 34.3 Å². The van der Waals surface area contributed by atoms with Gasteiger partial charge in [0.25, 0.3) is 0 Å². The van der Waals surface area contributed by atoms with Crippen molar-refractivity contribution in [2.45, 2.75) is 32.4 Å². The van der Waals surface area contributed by atoms with Crippen LogP contribution in [0.2, 0.25) is 0 Å². The van der Waals surface area contributed by atoms with Crippen molar-refractivity contribution in [2.24, 2.45) is 0 Å². The average molecular weight is 259 g/mol. The van der Waals surface area contributed by atoms with Crippen LogP contribution in [0.3, 0.4) is 0 Å². The summed E-state index contributed by atoms with van der Waals surface area (Å²) < 4.78 is 0. The molecule has 1 aliphatic rings. The molecule has 1 fully saturated rings. The van der Waals surface area contributed by atoms with E-state index in [1.54, 1.807) is 17.5 Å². The van der Waals surface area contributed by atoms with Crippen LogP contribution in [0.4, 0.5) is 11.5 Å². The van der Waals surface area contributed by atoms with Crippen molar-refractivity contribution in [1.29, 1.82) is 0 Å². The molecule has 0 amide bonds. The first-order valence-corrected chi connectivity index (χ1v) is 7.13. The third-order valence-corrected chi connectivity index (χ3v) is 4.10. The molecular formula is C14H17N3S. The van der Waals surface area contributed by atoms with E-state index in [-0.39, 0.29) is 0 Å². The van der Waals surface area contributed by atoms with Crippen molar-refractivity contribution in [3.05, 3.63) is 40.2 Å². The first-order valence-electron chi connectivity index (χ1n) is 6.25. The van der Waals surface area contributed by atoms with Gasteiger partial charge in [0, 0.05) is 10.9 Å². The minimum Gasteiger partial charge on any atom is -0.397 e. The average Bonchev–Trinajstić information content (AvgIpc) is 3.05. The van der Waals surface area contributed by atoms with Crippen molar-refractivity contribution in [1.82, 2.24) is 4.98 Å². The smallest absolute Gasteiger partial charge is 0.132 e. The summed E-state index contributed by atoms with van der Waals surface area (Å²) in [4.78, 5) is 8.33. The van der Waals surface area contributed by atoms with Crippen molar-refractivity contribution in [3.63, 3.8) is 0 Å². The molecule has 1 saturated carbocycles. The minimum atomic E-state index is 0.655. The van der Waals surface area contributed by atoms with Crippen LogP contribution in [0.1, 0.15) is 23.3 Å². The van der Waals surface area contributed by atoms with Gasteiger partial charge in [-0.25, -0.2) is 4.98 Å². The SMILES string of the molecule is Cc1cc(N)cnc1N(Cc1cccs1)C1CC1. The molecule has 0 atom stereocenters. The van der Waals surface area contributed by atoms with Gasteiger partial charge in [-0.3, -0.25) is 0 Å². The van der Waals surface area contributed by atoms with Gasteiger partial charge in [0.15, 0.2) is 0 Å². The Morgan fingerprint density at radius 2 is 2.33 bits per heavy atom. The monoisotopic (exact) mass is 259 g/mol. The number of thiophene rings is 1. The number of nitrogens with zero attached hydrogens (tertiary/aromatic N) is 2. The maximum absolute atomic E-state index is 5.78. The van der Waals surface area contributed by atoms with Gasteiger partial charge in [-0.05, 0) is 42.8 Å². The summed E-state index contributed by atoms with van der Waals surface area (Å²) in [6.07, 6.45) is 4.31. The molecule has 0 unspecified atom stereocenters. The summed E-state index contributed by atoms with van der Waals surface area (Å²) in [6, 6.07) is 6.95. The fraction of sp³-hybridized carbons (Fsp3) is 0.357. The zero-order valence-electron chi connectivity index (χ0n) is 10.5. The predicted octanol–water partition coefficient (Wildman–Crippen LogP) is 3.20. The first kappa shape index (κ1) is 11.5. The molecule has 2 aromatic rings. The summed E-state index contributed by atoms with van der Waals surface area (Å²) >= 11 is 1.81. The van der Waals surface area contributed by atoms with Crippen LogP contribution in [-0.2, 0) is 6.54 Å². The molecule has 4 heteroatoms. The number of anilines is 2. The molecule has 0 saturated heterocycles. The topological polar surface area (TPSA) is 42.1 Å². The molecule has 0 radical (unpaired) electrons. The van der Waals surface area contributed by atoms with E-state index in [4.69, 9.17) is 5.73 Å². The number of aromatic nitrogens is 1. The Morgan fingerprint density at radius 3 is 2.94 bits per heavy atom. The van der Waals surface area contributed by atoms with Gasteiger partial charge in [0.1, 0.15) is 5.82 Å². The third-order valence-electron chi connectivity index (χ3n) is 3.24. The van der Waals surface area contributed by atoms with Gasteiger partial charge in [-0.2, -0.15) is 0 Å². The summed E-state index contributed by atoms with van der Waals surface area (Å²) in [5.74, 6) is 1.08. The van der Waals surface area contributed by atoms with Crippen LogP contribution >= 0.6 is 11.3 Å².